The third-order valence-electron chi connectivity index (χ3n) is 4.50. The average Bonchev–Trinajstić information content (AvgIpc) is 3.13. The van der Waals surface area contributed by atoms with E-state index in [0.717, 1.165) is 38.0 Å². The van der Waals surface area contributed by atoms with Crippen molar-refractivity contribution in [3.63, 3.8) is 0 Å². The molecule has 2 unspecified atom stereocenters. The summed E-state index contributed by atoms with van der Waals surface area (Å²) in [5, 5.41) is 13.0. The van der Waals surface area contributed by atoms with Gasteiger partial charge in [0.2, 0.25) is 0 Å². The first-order chi connectivity index (χ1) is 13.4. The van der Waals surface area contributed by atoms with Crippen molar-refractivity contribution in [2.75, 3.05) is 0 Å². The second-order valence-corrected chi connectivity index (χ2v) is 9.04. The number of aliphatic hydroxyl groups is 1. The molecule has 28 heavy (non-hydrogen) atoms. The number of halogens is 2. The summed E-state index contributed by atoms with van der Waals surface area (Å²) in [6.07, 6.45) is 4.57. The van der Waals surface area contributed by atoms with Crippen molar-refractivity contribution in [2.24, 2.45) is 0 Å². The van der Waals surface area contributed by atoms with Crippen LogP contribution in [0.4, 0.5) is 0 Å². The van der Waals surface area contributed by atoms with Gasteiger partial charge in [-0.05, 0) is 71.8 Å². The molecule has 2 aromatic heterocycles. The standard InChI is InChI=1S/C22H20Cl2NOPS/c1-3-16(17-7-6-15(23)11-18(17)27)21(13(2)19-8-9-20(24)28-19)22(26)14-5-4-10-25-12-14/h3-12,22,26H,27H2,1-2H3/b16-3-,21-13-. The second-order valence-electron chi connectivity index (χ2n) is 6.27. The molecule has 3 rings (SSSR count). The highest BCUT2D eigenvalue weighted by Crippen LogP contribution is 2.40. The van der Waals surface area contributed by atoms with E-state index >= 15 is 0 Å². The van der Waals surface area contributed by atoms with Crippen molar-refractivity contribution in [2.45, 2.75) is 20.0 Å². The number of aliphatic hydroxyl groups excluding tert-OH is 1. The highest BCUT2D eigenvalue weighted by atomic mass is 35.5. The number of thiophene rings is 1. The van der Waals surface area contributed by atoms with Crippen molar-refractivity contribution >= 4 is 60.2 Å². The Labute approximate surface area is 181 Å². The minimum absolute atomic E-state index is 0.671. The number of pyridine rings is 1. The SMILES string of the molecule is C/C=C(\C(=C(/C)c1ccc(Cl)s1)C(O)c1cccnc1)c1ccc(Cl)cc1P. The van der Waals surface area contributed by atoms with Crippen LogP contribution in [-0.4, -0.2) is 10.1 Å². The Bertz CT molecular complexity index is 1040. The molecule has 0 aliphatic rings. The molecule has 2 atom stereocenters. The quantitative estimate of drug-likeness (QED) is 0.354. The lowest BCUT2D eigenvalue weighted by Gasteiger charge is -2.23. The third-order valence-corrected chi connectivity index (χ3v) is 6.57. The third kappa shape index (κ3) is 4.56. The Morgan fingerprint density at radius 1 is 1.21 bits per heavy atom. The van der Waals surface area contributed by atoms with Crippen LogP contribution in [0, 0.1) is 0 Å². The number of benzene rings is 1. The van der Waals surface area contributed by atoms with Crippen LogP contribution in [0.15, 0.2) is 66.5 Å². The van der Waals surface area contributed by atoms with Crippen LogP contribution in [0.2, 0.25) is 9.36 Å². The fourth-order valence-electron chi connectivity index (χ4n) is 3.14. The zero-order valence-electron chi connectivity index (χ0n) is 15.5. The molecule has 0 fully saturated rings. The topological polar surface area (TPSA) is 33.1 Å². The lowest BCUT2D eigenvalue weighted by Crippen LogP contribution is -2.10. The number of allylic oxidation sites excluding steroid dienone is 2. The molecule has 1 aromatic carbocycles. The summed E-state index contributed by atoms with van der Waals surface area (Å²) >= 11 is 13.8. The maximum Gasteiger partial charge on any atom is 0.106 e. The van der Waals surface area contributed by atoms with E-state index < -0.39 is 6.10 Å². The fraction of sp³-hybridized carbons (Fsp3) is 0.136. The molecule has 0 saturated heterocycles. The van der Waals surface area contributed by atoms with Crippen LogP contribution in [0.25, 0.3) is 11.1 Å². The summed E-state index contributed by atoms with van der Waals surface area (Å²) in [5.41, 5.74) is 4.47. The molecule has 0 aliphatic heterocycles. The fourth-order valence-corrected chi connectivity index (χ4v) is 4.92. The van der Waals surface area contributed by atoms with Gasteiger partial charge in [0.1, 0.15) is 6.10 Å². The zero-order chi connectivity index (χ0) is 20.3. The van der Waals surface area contributed by atoms with Gasteiger partial charge < -0.3 is 5.11 Å². The molecular weight excluding hydrogens is 428 g/mol. The Morgan fingerprint density at radius 3 is 2.57 bits per heavy atom. The highest BCUT2D eigenvalue weighted by molar-refractivity contribution is 7.27. The number of nitrogens with zero attached hydrogens (tertiary/aromatic N) is 1. The summed E-state index contributed by atoms with van der Waals surface area (Å²) in [5.74, 6) is 0. The van der Waals surface area contributed by atoms with Gasteiger partial charge >= 0.3 is 0 Å². The van der Waals surface area contributed by atoms with Gasteiger partial charge in [0.15, 0.2) is 0 Å². The summed E-state index contributed by atoms with van der Waals surface area (Å²) in [6.45, 7) is 3.98. The van der Waals surface area contributed by atoms with E-state index in [0.29, 0.717) is 9.36 Å². The van der Waals surface area contributed by atoms with E-state index in [1.165, 1.54) is 11.3 Å². The highest BCUT2D eigenvalue weighted by Gasteiger charge is 2.23. The first kappa shape index (κ1) is 21.2. The van der Waals surface area contributed by atoms with E-state index in [1.54, 1.807) is 12.4 Å². The van der Waals surface area contributed by atoms with Crippen LogP contribution in [0.1, 0.15) is 36.0 Å². The maximum absolute atomic E-state index is 11.3. The molecule has 144 valence electrons. The maximum atomic E-state index is 11.3. The molecule has 0 saturated carbocycles. The molecule has 2 heterocycles. The van der Waals surface area contributed by atoms with E-state index in [-0.39, 0.29) is 0 Å². The van der Waals surface area contributed by atoms with Gasteiger partial charge in [-0.2, -0.15) is 0 Å². The van der Waals surface area contributed by atoms with Crippen molar-refractivity contribution in [1.82, 2.24) is 4.98 Å². The Balaban J connectivity index is 2.23. The van der Waals surface area contributed by atoms with Crippen LogP contribution in [0.3, 0.4) is 0 Å². The summed E-state index contributed by atoms with van der Waals surface area (Å²) < 4.78 is 0.713. The van der Waals surface area contributed by atoms with E-state index in [1.807, 2.05) is 62.4 Å². The molecule has 1 N–H and O–H groups in total. The first-order valence-corrected chi connectivity index (χ1v) is 10.8. The number of hydrogen-bond donors (Lipinski definition) is 1. The van der Waals surface area contributed by atoms with E-state index in [9.17, 15) is 5.11 Å². The van der Waals surface area contributed by atoms with Gasteiger partial charge in [-0.25, -0.2) is 0 Å². The minimum atomic E-state index is -0.833. The molecular formula is C22H20Cl2NOPS. The molecule has 0 radical (unpaired) electrons. The number of hydrogen-bond acceptors (Lipinski definition) is 3. The van der Waals surface area contributed by atoms with Gasteiger partial charge in [0.25, 0.3) is 0 Å². The molecule has 0 spiro atoms. The minimum Gasteiger partial charge on any atom is -0.384 e. The monoisotopic (exact) mass is 447 g/mol. The molecule has 6 heteroatoms. The first-order valence-electron chi connectivity index (χ1n) is 8.69. The predicted molar refractivity (Wildman–Crippen MR) is 126 cm³/mol. The van der Waals surface area contributed by atoms with Crippen molar-refractivity contribution in [3.8, 4) is 0 Å². The van der Waals surface area contributed by atoms with Gasteiger partial charge in [-0.3, -0.25) is 4.98 Å². The largest absolute Gasteiger partial charge is 0.384 e. The van der Waals surface area contributed by atoms with Crippen LogP contribution >= 0.6 is 43.8 Å². The van der Waals surface area contributed by atoms with Crippen LogP contribution < -0.4 is 5.30 Å². The normalized spacial score (nSPS) is 14.0. The second kappa shape index (κ2) is 9.35. The van der Waals surface area contributed by atoms with Gasteiger partial charge in [0, 0.05) is 27.9 Å². The Morgan fingerprint density at radius 2 is 2.00 bits per heavy atom. The predicted octanol–water partition coefficient (Wildman–Crippen LogP) is 6.56. The molecule has 0 aliphatic carbocycles. The Hall–Kier alpha value is -1.48. The average molecular weight is 448 g/mol. The van der Waals surface area contributed by atoms with Gasteiger partial charge in [-0.1, -0.05) is 41.4 Å². The molecule has 0 bridgehead atoms. The zero-order valence-corrected chi connectivity index (χ0v) is 19.0. The molecule has 0 amide bonds. The van der Waals surface area contributed by atoms with E-state index in [4.69, 9.17) is 23.2 Å². The molecule has 2 nitrogen and oxygen atoms in total. The van der Waals surface area contributed by atoms with Crippen molar-refractivity contribution < 1.29 is 5.11 Å². The lowest BCUT2D eigenvalue weighted by atomic mass is 9.87. The van der Waals surface area contributed by atoms with E-state index in [2.05, 4.69) is 14.2 Å². The lowest BCUT2D eigenvalue weighted by molar-refractivity contribution is 0.221. The molecule has 3 aromatic rings. The smallest absolute Gasteiger partial charge is 0.106 e. The van der Waals surface area contributed by atoms with Crippen LogP contribution in [-0.2, 0) is 0 Å². The van der Waals surface area contributed by atoms with Crippen molar-refractivity contribution in [1.29, 1.82) is 0 Å². The summed E-state index contributed by atoms with van der Waals surface area (Å²) in [4.78, 5) is 5.18. The summed E-state index contributed by atoms with van der Waals surface area (Å²) in [6, 6.07) is 13.3. The van der Waals surface area contributed by atoms with Crippen LogP contribution in [0.5, 0.6) is 0 Å². The van der Waals surface area contributed by atoms with Crippen molar-refractivity contribution in [3.05, 3.63) is 91.9 Å². The number of aromatic nitrogens is 1. The van der Waals surface area contributed by atoms with Gasteiger partial charge in [0.05, 0.1) is 4.34 Å². The van der Waals surface area contributed by atoms with Gasteiger partial charge in [-0.15, -0.1) is 20.6 Å². The number of rotatable bonds is 5. The Kier molecular flexibility index (Phi) is 7.09. The summed E-state index contributed by atoms with van der Waals surface area (Å²) in [7, 11) is 2.73.